The number of benzene rings is 3. The molecule has 40 heavy (non-hydrogen) atoms. The fraction of sp³-hybridized carbons (Fsp3) is 0.355. The minimum absolute atomic E-state index is 0.0357. The van der Waals surface area contributed by atoms with E-state index in [1.54, 1.807) is 6.07 Å². The van der Waals surface area contributed by atoms with E-state index in [0.717, 1.165) is 38.0 Å². The van der Waals surface area contributed by atoms with Crippen molar-refractivity contribution in [2.75, 3.05) is 22.9 Å². The van der Waals surface area contributed by atoms with Crippen LogP contribution in [0.2, 0.25) is 0 Å². The normalized spacial score (nSPS) is 14.2. The Hall–Kier alpha value is -2.60. The molecule has 0 N–H and O–H groups in total. The van der Waals surface area contributed by atoms with Crippen LogP contribution in [0.1, 0.15) is 52.8 Å². The molecule has 0 unspecified atom stereocenters. The predicted molar refractivity (Wildman–Crippen MR) is 167 cm³/mol. The van der Waals surface area contributed by atoms with Gasteiger partial charge in [0, 0.05) is 0 Å². The fourth-order valence-corrected chi connectivity index (χ4v) is 11.7. The van der Waals surface area contributed by atoms with Gasteiger partial charge in [0.1, 0.15) is 0 Å². The molecule has 3 aromatic rings. The molecule has 6 nitrogen and oxygen atoms in total. The summed E-state index contributed by atoms with van der Waals surface area (Å²) in [6.07, 6.45) is -0.123. The maximum absolute atomic E-state index is 11.7. The Morgan fingerprint density at radius 3 is 1.70 bits per heavy atom. The minimum atomic E-state index is -3.91. The molecule has 0 spiro atoms. The molecule has 1 fully saturated rings. The van der Waals surface area contributed by atoms with Crippen molar-refractivity contribution >= 4 is 45.4 Å². The Labute approximate surface area is 247 Å². The van der Waals surface area contributed by atoms with E-state index in [2.05, 4.69) is 75.6 Å². The van der Waals surface area contributed by atoms with Crippen LogP contribution in [-0.4, -0.2) is 33.1 Å². The molecule has 0 saturated carbocycles. The number of halogens is 2. The topological polar surface area (TPSA) is 58.9 Å². The molecular weight excluding hydrogens is 634 g/mol. The SMILES string of the molecule is Cc1cc(C)c(N2CCN(c3c(C)cc(C)cc3C)[C]2=[Ru-4]([Cl])([Cl])=[CH]c2cc([N+](=O)[O-])ccc2OC(C)C)c(C)c1. The summed E-state index contributed by atoms with van der Waals surface area (Å²) in [6.45, 7) is 17.9. The summed E-state index contributed by atoms with van der Waals surface area (Å²) in [5.41, 5.74) is 9.69. The van der Waals surface area contributed by atoms with Crippen molar-refractivity contribution in [2.24, 2.45) is 0 Å². The van der Waals surface area contributed by atoms with Crippen molar-refractivity contribution in [3.8, 4) is 5.75 Å². The molecule has 1 heterocycles. The molecule has 1 saturated heterocycles. The van der Waals surface area contributed by atoms with Crippen molar-refractivity contribution in [3.63, 3.8) is 0 Å². The summed E-state index contributed by atoms with van der Waals surface area (Å²) in [5, 5.41) is 11.7. The molecule has 0 atom stereocenters. The molecule has 220 valence electrons. The van der Waals surface area contributed by atoms with E-state index in [1.807, 2.05) is 18.5 Å². The summed E-state index contributed by atoms with van der Waals surface area (Å²) in [7, 11) is 15.0. The number of hydrogen-bond donors (Lipinski definition) is 0. The molecule has 4 rings (SSSR count). The first-order chi connectivity index (χ1) is 18.7. The van der Waals surface area contributed by atoms with E-state index in [9.17, 15) is 10.1 Å². The van der Waals surface area contributed by atoms with Crippen LogP contribution in [0.15, 0.2) is 42.5 Å². The average molecular weight is 672 g/mol. The Morgan fingerprint density at radius 2 is 1.30 bits per heavy atom. The van der Waals surface area contributed by atoms with E-state index in [4.69, 9.17) is 24.1 Å². The summed E-state index contributed by atoms with van der Waals surface area (Å²) >= 11 is -3.91. The number of aryl methyl sites for hydroxylation is 6. The third kappa shape index (κ3) is 6.17. The van der Waals surface area contributed by atoms with Crippen LogP contribution in [0, 0.1) is 51.7 Å². The predicted octanol–water partition coefficient (Wildman–Crippen LogP) is 7.96. The maximum atomic E-state index is 11.7. The first-order valence-corrected chi connectivity index (χ1v) is 19.5. The van der Waals surface area contributed by atoms with Crippen LogP contribution < -0.4 is 14.5 Å². The third-order valence-corrected chi connectivity index (χ3v) is 12.3. The first-order valence-electron chi connectivity index (χ1n) is 13.2. The van der Waals surface area contributed by atoms with Crippen molar-refractivity contribution in [1.29, 1.82) is 0 Å². The summed E-state index contributed by atoms with van der Waals surface area (Å²) < 4.78 is 8.72. The zero-order valence-electron chi connectivity index (χ0n) is 24.3. The Kier molecular flexibility index (Phi) is 8.89. The van der Waals surface area contributed by atoms with Gasteiger partial charge in [-0.3, -0.25) is 0 Å². The van der Waals surface area contributed by atoms with E-state index in [1.165, 1.54) is 23.3 Å². The van der Waals surface area contributed by atoms with Gasteiger partial charge >= 0.3 is 249 Å². The van der Waals surface area contributed by atoms with Gasteiger partial charge in [-0.25, -0.2) is 0 Å². The standard InChI is InChI=1S/C21H26N2.C10H11NO3.2ClH.Ru/c1-14-9-16(3)20(17(4)10-14)22-7-8-23(13-22)21-18(5)11-15(2)12-19(21)6;1-7(2)14-10-5-4-9(11(12)13)6-8(10)3;;;/h9-12H,7-8H2,1-6H3;3-7H,1-2H3;2*1H;/q;;;;-2/p-2. The summed E-state index contributed by atoms with van der Waals surface area (Å²) in [6, 6.07) is 13.3. The summed E-state index contributed by atoms with van der Waals surface area (Å²) in [5.74, 6) is 0.522. The zero-order chi connectivity index (χ0) is 29.5. The molecule has 9 heteroatoms. The van der Waals surface area contributed by atoms with Gasteiger partial charge in [-0.05, 0) is 0 Å². The molecular formula is C31H37Cl2N3O3Ru-4. The average Bonchev–Trinajstić information content (AvgIpc) is 3.23. The van der Waals surface area contributed by atoms with E-state index in [-0.39, 0.29) is 11.8 Å². The van der Waals surface area contributed by atoms with E-state index < -0.39 is 16.8 Å². The number of non-ortho nitro benzene ring substituents is 1. The molecule has 1 aliphatic rings. The van der Waals surface area contributed by atoms with Crippen LogP contribution in [-0.2, 0) is 11.9 Å². The molecule has 0 aromatic heterocycles. The van der Waals surface area contributed by atoms with Crippen LogP contribution >= 0.6 is 19.4 Å². The van der Waals surface area contributed by atoms with Crippen LogP contribution in [0.25, 0.3) is 0 Å². The van der Waals surface area contributed by atoms with Crippen LogP contribution in [0.4, 0.5) is 17.1 Å². The van der Waals surface area contributed by atoms with Crippen LogP contribution in [0.5, 0.6) is 5.75 Å². The van der Waals surface area contributed by atoms with Gasteiger partial charge in [0.2, 0.25) is 0 Å². The Bertz CT molecular complexity index is 1500. The Balaban J connectivity index is 2.08. The van der Waals surface area contributed by atoms with Gasteiger partial charge in [0.25, 0.3) is 0 Å². The number of ether oxygens (including phenoxy) is 1. The number of nitrogens with zero attached hydrogens (tertiary/aromatic N) is 3. The molecule has 1 aliphatic heterocycles. The van der Waals surface area contributed by atoms with E-state index in [0.29, 0.717) is 24.4 Å². The molecule has 0 bridgehead atoms. The quantitative estimate of drug-likeness (QED) is 0.151. The number of nitro groups is 1. The summed E-state index contributed by atoms with van der Waals surface area (Å²) in [4.78, 5) is 15.8. The Morgan fingerprint density at radius 1 is 0.850 bits per heavy atom. The number of rotatable bonds is 6. The fourth-order valence-electron chi connectivity index (χ4n) is 5.65. The number of anilines is 2. The molecule has 0 amide bonds. The number of hydrogen-bond acceptors (Lipinski definition) is 5. The second-order valence-electron chi connectivity index (χ2n) is 10.7. The van der Waals surface area contributed by atoms with Gasteiger partial charge in [-0.2, -0.15) is 0 Å². The van der Waals surface area contributed by atoms with Gasteiger partial charge in [-0.1, -0.05) is 0 Å². The van der Waals surface area contributed by atoms with Gasteiger partial charge in [-0.15, -0.1) is 0 Å². The second kappa shape index (κ2) is 11.7. The van der Waals surface area contributed by atoms with Crippen LogP contribution in [0.3, 0.4) is 0 Å². The third-order valence-electron chi connectivity index (χ3n) is 6.81. The zero-order valence-corrected chi connectivity index (χ0v) is 27.5. The van der Waals surface area contributed by atoms with Crippen molar-refractivity contribution in [2.45, 2.75) is 61.5 Å². The molecule has 3 aromatic carbocycles. The van der Waals surface area contributed by atoms with Crippen molar-refractivity contribution in [3.05, 3.63) is 91.5 Å². The molecule has 0 radical (unpaired) electrons. The van der Waals surface area contributed by atoms with E-state index >= 15 is 0 Å². The first kappa shape index (κ1) is 30.4. The van der Waals surface area contributed by atoms with Gasteiger partial charge < -0.3 is 0 Å². The van der Waals surface area contributed by atoms with Crippen molar-refractivity contribution in [1.82, 2.24) is 0 Å². The van der Waals surface area contributed by atoms with Gasteiger partial charge in [0.15, 0.2) is 0 Å². The monoisotopic (exact) mass is 671 g/mol. The molecule has 0 aliphatic carbocycles. The number of nitro benzene ring substituents is 1. The van der Waals surface area contributed by atoms with Gasteiger partial charge in [0.05, 0.1) is 0 Å². The van der Waals surface area contributed by atoms with Crippen molar-refractivity contribution < 1.29 is 21.6 Å². The second-order valence-corrected chi connectivity index (χ2v) is 20.0.